The van der Waals surface area contributed by atoms with E-state index in [2.05, 4.69) is 29.4 Å². The van der Waals surface area contributed by atoms with Gasteiger partial charge in [0.25, 0.3) is 5.56 Å². The molecule has 3 rings (SSSR count). The second kappa shape index (κ2) is 5.49. The van der Waals surface area contributed by atoms with Gasteiger partial charge in [-0.2, -0.15) is 0 Å². The lowest BCUT2D eigenvalue weighted by atomic mass is 10.0. The summed E-state index contributed by atoms with van der Waals surface area (Å²) in [5, 5.41) is 3.29. The molecule has 20 heavy (non-hydrogen) atoms. The Bertz CT molecular complexity index is 632. The van der Waals surface area contributed by atoms with Crippen LogP contribution < -0.4 is 10.9 Å². The maximum atomic E-state index is 12.4. The van der Waals surface area contributed by atoms with Gasteiger partial charge in [-0.3, -0.25) is 4.79 Å². The summed E-state index contributed by atoms with van der Waals surface area (Å²) >= 11 is 0. The lowest BCUT2D eigenvalue weighted by molar-refractivity contribution is 0.687. The van der Waals surface area contributed by atoms with Crippen molar-refractivity contribution in [2.24, 2.45) is 0 Å². The monoisotopic (exact) mass is 269 g/mol. The molecule has 1 aromatic heterocycles. The maximum absolute atomic E-state index is 12.4. The van der Waals surface area contributed by atoms with Crippen molar-refractivity contribution in [3.63, 3.8) is 0 Å². The van der Waals surface area contributed by atoms with Gasteiger partial charge in [-0.25, -0.2) is 4.98 Å². The smallest absolute Gasteiger partial charge is 0.293 e. The minimum atomic E-state index is -0.00983. The molecule has 2 aromatic rings. The standard InChI is InChI=1S/C16H19N3O/c1-2-14(12-6-4-3-5-7-12)18-15-16(20)19(11-10-17-15)13-8-9-13/h3-7,10-11,13-14H,2,8-9H2,1H3,(H,17,18). The molecule has 0 bridgehead atoms. The molecule has 0 radical (unpaired) electrons. The molecule has 0 spiro atoms. The molecule has 0 saturated heterocycles. The molecule has 4 heteroatoms. The minimum absolute atomic E-state index is 0.00983. The van der Waals surface area contributed by atoms with Crippen molar-refractivity contribution >= 4 is 5.82 Å². The predicted molar refractivity (Wildman–Crippen MR) is 79.9 cm³/mol. The summed E-state index contributed by atoms with van der Waals surface area (Å²) < 4.78 is 1.80. The third-order valence-corrected chi connectivity index (χ3v) is 3.73. The lowest BCUT2D eigenvalue weighted by Gasteiger charge is -2.18. The van der Waals surface area contributed by atoms with Crippen LogP contribution in [-0.2, 0) is 0 Å². The van der Waals surface area contributed by atoms with Gasteiger partial charge < -0.3 is 9.88 Å². The van der Waals surface area contributed by atoms with Gasteiger partial charge in [0, 0.05) is 18.4 Å². The number of aromatic nitrogens is 2. The molecule has 1 aromatic carbocycles. The average Bonchev–Trinajstić information content (AvgIpc) is 3.32. The Morgan fingerprint density at radius 1 is 1.35 bits per heavy atom. The first-order valence-corrected chi connectivity index (χ1v) is 7.18. The van der Waals surface area contributed by atoms with Gasteiger partial charge in [-0.05, 0) is 24.8 Å². The van der Waals surface area contributed by atoms with Crippen molar-refractivity contribution in [3.05, 3.63) is 58.6 Å². The summed E-state index contributed by atoms with van der Waals surface area (Å²) in [6.45, 7) is 2.10. The van der Waals surface area contributed by atoms with Gasteiger partial charge in [-0.15, -0.1) is 0 Å². The van der Waals surface area contributed by atoms with E-state index in [9.17, 15) is 4.79 Å². The van der Waals surface area contributed by atoms with Crippen molar-refractivity contribution in [2.45, 2.75) is 38.3 Å². The van der Waals surface area contributed by atoms with Crippen LogP contribution in [-0.4, -0.2) is 9.55 Å². The van der Waals surface area contributed by atoms with Gasteiger partial charge in [-0.1, -0.05) is 37.3 Å². The molecule has 1 atom stereocenters. The highest BCUT2D eigenvalue weighted by atomic mass is 16.1. The molecule has 0 amide bonds. The minimum Gasteiger partial charge on any atom is -0.359 e. The van der Waals surface area contributed by atoms with E-state index in [1.807, 2.05) is 18.2 Å². The van der Waals surface area contributed by atoms with Crippen LogP contribution in [0.3, 0.4) is 0 Å². The largest absolute Gasteiger partial charge is 0.359 e. The third-order valence-electron chi connectivity index (χ3n) is 3.73. The molecule has 1 heterocycles. The Balaban J connectivity index is 1.86. The van der Waals surface area contributed by atoms with E-state index < -0.39 is 0 Å². The quantitative estimate of drug-likeness (QED) is 0.907. The van der Waals surface area contributed by atoms with Gasteiger partial charge in [0.1, 0.15) is 0 Å². The molecule has 1 aliphatic rings. The first kappa shape index (κ1) is 12.9. The Morgan fingerprint density at radius 2 is 2.10 bits per heavy atom. The van der Waals surface area contributed by atoms with E-state index in [0.717, 1.165) is 19.3 Å². The summed E-state index contributed by atoms with van der Waals surface area (Å²) in [5.41, 5.74) is 1.17. The van der Waals surface area contributed by atoms with Crippen molar-refractivity contribution in [2.75, 3.05) is 5.32 Å². The summed E-state index contributed by atoms with van der Waals surface area (Å²) in [5.74, 6) is 0.454. The average molecular weight is 269 g/mol. The topological polar surface area (TPSA) is 46.9 Å². The normalized spacial score (nSPS) is 15.8. The molecule has 1 saturated carbocycles. The van der Waals surface area contributed by atoms with Gasteiger partial charge in [0.15, 0.2) is 5.82 Å². The van der Waals surface area contributed by atoms with Crippen LogP contribution >= 0.6 is 0 Å². The van der Waals surface area contributed by atoms with E-state index >= 15 is 0 Å². The first-order valence-electron chi connectivity index (χ1n) is 7.18. The molecule has 1 unspecified atom stereocenters. The fourth-order valence-corrected chi connectivity index (χ4v) is 2.44. The predicted octanol–water partition coefficient (Wildman–Crippen LogP) is 3.14. The zero-order valence-electron chi connectivity index (χ0n) is 11.6. The summed E-state index contributed by atoms with van der Waals surface area (Å²) in [6, 6.07) is 10.7. The van der Waals surface area contributed by atoms with Crippen LogP contribution in [0.4, 0.5) is 5.82 Å². The number of hydrogen-bond acceptors (Lipinski definition) is 3. The third kappa shape index (κ3) is 2.59. The fraction of sp³-hybridized carbons (Fsp3) is 0.375. The van der Waals surface area contributed by atoms with Crippen LogP contribution in [0.15, 0.2) is 47.5 Å². The second-order valence-electron chi connectivity index (χ2n) is 5.24. The van der Waals surface area contributed by atoms with Gasteiger partial charge >= 0.3 is 0 Å². The Morgan fingerprint density at radius 3 is 2.75 bits per heavy atom. The molecule has 4 nitrogen and oxygen atoms in total. The van der Waals surface area contributed by atoms with Crippen LogP contribution in [0.2, 0.25) is 0 Å². The zero-order valence-corrected chi connectivity index (χ0v) is 11.6. The summed E-state index contributed by atoms with van der Waals surface area (Å²) in [7, 11) is 0. The van der Waals surface area contributed by atoms with Crippen LogP contribution in [0.1, 0.15) is 43.8 Å². The van der Waals surface area contributed by atoms with E-state index in [0.29, 0.717) is 11.9 Å². The van der Waals surface area contributed by atoms with Crippen molar-refractivity contribution in [1.82, 2.24) is 9.55 Å². The number of nitrogens with one attached hydrogen (secondary N) is 1. The van der Waals surface area contributed by atoms with Crippen LogP contribution in [0.25, 0.3) is 0 Å². The van der Waals surface area contributed by atoms with Crippen molar-refractivity contribution in [3.8, 4) is 0 Å². The van der Waals surface area contributed by atoms with Crippen LogP contribution in [0.5, 0.6) is 0 Å². The molecular formula is C16H19N3O. The SMILES string of the molecule is CCC(Nc1nccn(C2CC2)c1=O)c1ccccc1. The molecule has 1 aliphatic carbocycles. The first-order chi connectivity index (χ1) is 9.79. The van der Waals surface area contributed by atoms with Crippen LogP contribution in [0, 0.1) is 0 Å². The molecule has 1 N–H and O–H groups in total. The van der Waals surface area contributed by atoms with E-state index in [1.54, 1.807) is 17.0 Å². The van der Waals surface area contributed by atoms with E-state index in [-0.39, 0.29) is 11.6 Å². The lowest BCUT2D eigenvalue weighted by Crippen LogP contribution is -2.25. The number of anilines is 1. The Hall–Kier alpha value is -2.10. The van der Waals surface area contributed by atoms with Crippen molar-refractivity contribution in [1.29, 1.82) is 0 Å². The maximum Gasteiger partial charge on any atom is 0.293 e. The Labute approximate surface area is 118 Å². The molecule has 1 fully saturated rings. The summed E-state index contributed by atoms with van der Waals surface area (Å²) in [4.78, 5) is 16.6. The highest BCUT2D eigenvalue weighted by Crippen LogP contribution is 2.33. The number of rotatable bonds is 5. The summed E-state index contributed by atoms with van der Waals surface area (Å²) in [6.07, 6.45) is 6.59. The van der Waals surface area contributed by atoms with Gasteiger partial charge in [0.05, 0.1) is 6.04 Å². The number of nitrogens with zero attached hydrogens (tertiary/aromatic N) is 2. The molecule has 104 valence electrons. The highest BCUT2D eigenvalue weighted by Gasteiger charge is 2.25. The van der Waals surface area contributed by atoms with E-state index in [1.165, 1.54) is 5.56 Å². The fourth-order valence-electron chi connectivity index (χ4n) is 2.44. The molecule has 0 aliphatic heterocycles. The number of benzene rings is 1. The second-order valence-corrected chi connectivity index (χ2v) is 5.24. The highest BCUT2D eigenvalue weighted by molar-refractivity contribution is 5.36. The zero-order chi connectivity index (χ0) is 13.9. The van der Waals surface area contributed by atoms with Gasteiger partial charge in [0.2, 0.25) is 0 Å². The molecular weight excluding hydrogens is 250 g/mol. The number of hydrogen-bond donors (Lipinski definition) is 1. The Kier molecular flexibility index (Phi) is 3.54. The van der Waals surface area contributed by atoms with E-state index in [4.69, 9.17) is 0 Å². The van der Waals surface area contributed by atoms with Crippen molar-refractivity contribution < 1.29 is 0 Å².